The van der Waals surface area contributed by atoms with Crippen LogP contribution in [0.25, 0.3) is 0 Å². The van der Waals surface area contributed by atoms with E-state index in [1.54, 1.807) is 0 Å². The van der Waals surface area contributed by atoms with Gasteiger partial charge in [-0.2, -0.15) is 0 Å². The van der Waals surface area contributed by atoms with Gasteiger partial charge in [0.25, 0.3) is 0 Å². The molecule has 0 saturated heterocycles. The van der Waals surface area contributed by atoms with Crippen molar-refractivity contribution in [3.8, 4) is 0 Å². The van der Waals surface area contributed by atoms with Crippen molar-refractivity contribution in [1.29, 1.82) is 0 Å². The van der Waals surface area contributed by atoms with Gasteiger partial charge in [-0.25, -0.2) is 0 Å². The Labute approximate surface area is 113 Å². The summed E-state index contributed by atoms with van der Waals surface area (Å²) in [6.45, 7) is 9.98. The summed E-state index contributed by atoms with van der Waals surface area (Å²) < 4.78 is 5.91. The number of hydrogen-bond acceptors (Lipinski definition) is 2. The first kappa shape index (κ1) is 14.3. The molecule has 2 nitrogen and oxygen atoms in total. The normalized spacial score (nSPS) is 31.2. The van der Waals surface area contributed by atoms with E-state index in [9.17, 15) is 0 Å². The van der Waals surface area contributed by atoms with E-state index in [1.807, 2.05) is 0 Å². The molecule has 3 atom stereocenters. The molecule has 2 fully saturated rings. The Morgan fingerprint density at radius 1 is 1.22 bits per heavy atom. The Morgan fingerprint density at radius 2 is 1.94 bits per heavy atom. The maximum atomic E-state index is 5.91. The first-order valence-electron chi connectivity index (χ1n) is 7.96. The van der Waals surface area contributed by atoms with E-state index < -0.39 is 0 Å². The lowest BCUT2D eigenvalue weighted by Gasteiger charge is -2.61. The van der Waals surface area contributed by atoms with Gasteiger partial charge in [0.05, 0.1) is 6.10 Å². The monoisotopic (exact) mass is 253 g/mol. The minimum atomic E-state index is 0.516. The molecule has 3 unspecified atom stereocenters. The van der Waals surface area contributed by atoms with E-state index in [1.165, 1.54) is 38.5 Å². The zero-order valence-electron chi connectivity index (χ0n) is 12.7. The molecule has 0 aromatic rings. The summed E-state index contributed by atoms with van der Waals surface area (Å²) in [7, 11) is 0. The second kappa shape index (κ2) is 5.92. The van der Waals surface area contributed by atoms with Crippen LogP contribution in [0.15, 0.2) is 0 Å². The second-order valence-electron chi connectivity index (χ2n) is 6.86. The van der Waals surface area contributed by atoms with Gasteiger partial charge in [0.15, 0.2) is 0 Å². The maximum Gasteiger partial charge on any atom is 0.0661 e. The zero-order chi connectivity index (χ0) is 13.2. The Balaban J connectivity index is 1.77. The van der Waals surface area contributed by atoms with Gasteiger partial charge < -0.3 is 10.1 Å². The maximum absolute atomic E-state index is 5.91. The van der Waals surface area contributed by atoms with Crippen LogP contribution in [0.5, 0.6) is 0 Å². The van der Waals surface area contributed by atoms with Crippen LogP contribution in [0.4, 0.5) is 0 Å². The molecule has 0 aliphatic heterocycles. The van der Waals surface area contributed by atoms with Gasteiger partial charge in [-0.05, 0) is 51.9 Å². The van der Waals surface area contributed by atoms with Crippen LogP contribution < -0.4 is 5.32 Å². The second-order valence-corrected chi connectivity index (χ2v) is 6.86. The van der Waals surface area contributed by atoms with Crippen LogP contribution >= 0.6 is 0 Å². The molecule has 18 heavy (non-hydrogen) atoms. The summed E-state index contributed by atoms with van der Waals surface area (Å²) in [4.78, 5) is 0. The molecule has 2 aliphatic carbocycles. The van der Waals surface area contributed by atoms with Crippen molar-refractivity contribution in [2.45, 2.75) is 84.4 Å². The van der Waals surface area contributed by atoms with Gasteiger partial charge in [-0.15, -0.1) is 0 Å². The summed E-state index contributed by atoms with van der Waals surface area (Å²) in [6.07, 6.45) is 8.60. The van der Waals surface area contributed by atoms with E-state index in [0.29, 0.717) is 17.6 Å². The highest BCUT2D eigenvalue weighted by molar-refractivity contribution is 5.12. The Kier molecular flexibility index (Phi) is 4.71. The number of nitrogens with one attached hydrogen (secondary N) is 1. The SMILES string of the molecule is CCOC1CC(NC(C)CCC(C)C)C12CCC2. The number of hydrogen-bond donors (Lipinski definition) is 1. The molecule has 0 amide bonds. The Morgan fingerprint density at radius 3 is 2.44 bits per heavy atom. The molecule has 0 radical (unpaired) electrons. The predicted molar refractivity (Wildman–Crippen MR) is 76.8 cm³/mol. The molecule has 2 aliphatic rings. The van der Waals surface area contributed by atoms with Crippen molar-refractivity contribution in [3.63, 3.8) is 0 Å². The summed E-state index contributed by atoms with van der Waals surface area (Å²) in [5.41, 5.74) is 0.516. The van der Waals surface area contributed by atoms with Crippen molar-refractivity contribution in [2.75, 3.05) is 6.61 Å². The van der Waals surface area contributed by atoms with Crippen LogP contribution in [-0.2, 0) is 4.74 Å². The van der Waals surface area contributed by atoms with Crippen LogP contribution in [0.2, 0.25) is 0 Å². The van der Waals surface area contributed by atoms with Gasteiger partial charge in [0.1, 0.15) is 0 Å². The lowest BCUT2D eigenvalue weighted by atomic mass is 9.51. The van der Waals surface area contributed by atoms with Crippen molar-refractivity contribution >= 4 is 0 Å². The lowest BCUT2D eigenvalue weighted by Crippen LogP contribution is -2.67. The fourth-order valence-electron chi connectivity index (χ4n) is 3.68. The van der Waals surface area contributed by atoms with Crippen LogP contribution in [-0.4, -0.2) is 24.8 Å². The molecule has 1 spiro atoms. The van der Waals surface area contributed by atoms with E-state index in [0.717, 1.165) is 18.6 Å². The van der Waals surface area contributed by atoms with Crippen LogP contribution in [0, 0.1) is 11.3 Å². The topological polar surface area (TPSA) is 21.3 Å². The van der Waals surface area contributed by atoms with E-state index >= 15 is 0 Å². The number of ether oxygens (including phenoxy) is 1. The van der Waals surface area contributed by atoms with Crippen LogP contribution in [0.1, 0.15) is 66.2 Å². The smallest absolute Gasteiger partial charge is 0.0661 e. The molecule has 2 rings (SSSR count). The van der Waals surface area contributed by atoms with Gasteiger partial charge in [0, 0.05) is 24.1 Å². The number of rotatable bonds is 7. The Bertz CT molecular complexity index is 260. The average Bonchev–Trinajstić information content (AvgIpc) is 2.22. The summed E-state index contributed by atoms with van der Waals surface area (Å²) >= 11 is 0. The molecule has 0 heterocycles. The van der Waals surface area contributed by atoms with Crippen LogP contribution in [0.3, 0.4) is 0 Å². The fourth-order valence-corrected chi connectivity index (χ4v) is 3.68. The first-order valence-corrected chi connectivity index (χ1v) is 7.96. The standard InChI is InChI=1S/C16H31NO/c1-5-18-15-11-14(16(15)9-6-10-16)17-13(4)8-7-12(2)3/h12-15,17H,5-11H2,1-4H3. The summed E-state index contributed by atoms with van der Waals surface area (Å²) in [5.74, 6) is 0.824. The van der Waals surface area contributed by atoms with Crippen molar-refractivity contribution in [1.82, 2.24) is 5.32 Å². The third-order valence-electron chi connectivity index (χ3n) is 5.10. The van der Waals surface area contributed by atoms with Gasteiger partial charge in [-0.1, -0.05) is 20.3 Å². The van der Waals surface area contributed by atoms with E-state index in [4.69, 9.17) is 4.74 Å². The molecule has 0 aromatic heterocycles. The van der Waals surface area contributed by atoms with Crippen molar-refractivity contribution in [3.05, 3.63) is 0 Å². The van der Waals surface area contributed by atoms with E-state index in [-0.39, 0.29) is 0 Å². The third kappa shape index (κ3) is 2.75. The van der Waals surface area contributed by atoms with Gasteiger partial charge in [0.2, 0.25) is 0 Å². The molecular weight excluding hydrogens is 222 g/mol. The molecule has 1 N–H and O–H groups in total. The highest BCUT2D eigenvalue weighted by atomic mass is 16.5. The molecule has 2 heteroatoms. The molecule has 0 aromatic carbocycles. The molecule has 2 saturated carbocycles. The Hall–Kier alpha value is -0.0800. The lowest BCUT2D eigenvalue weighted by molar-refractivity contribution is -0.174. The van der Waals surface area contributed by atoms with Gasteiger partial charge >= 0.3 is 0 Å². The summed E-state index contributed by atoms with van der Waals surface area (Å²) in [5, 5.41) is 3.87. The van der Waals surface area contributed by atoms with Crippen molar-refractivity contribution in [2.24, 2.45) is 11.3 Å². The first-order chi connectivity index (χ1) is 8.58. The minimum Gasteiger partial charge on any atom is -0.378 e. The summed E-state index contributed by atoms with van der Waals surface area (Å²) in [6, 6.07) is 1.39. The highest BCUT2D eigenvalue weighted by Gasteiger charge is 2.58. The van der Waals surface area contributed by atoms with E-state index in [2.05, 4.69) is 33.0 Å². The quantitative estimate of drug-likeness (QED) is 0.746. The van der Waals surface area contributed by atoms with Crippen molar-refractivity contribution < 1.29 is 4.74 Å². The average molecular weight is 253 g/mol. The van der Waals surface area contributed by atoms with Gasteiger partial charge in [-0.3, -0.25) is 0 Å². The minimum absolute atomic E-state index is 0.516. The molecular formula is C16H31NO. The zero-order valence-corrected chi connectivity index (χ0v) is 12.7. The highest BCUT2D eigenvalue weighted by Crippen LogP contribution is 2.57. The largest absolute Gasteiger partial charge is 0.378 e. The third-order valence-corrected chi connectivity index (χ3v) is 5.10. The molecule has 0 bridgehead atoms. The fraction of sp³-hybridized carbons (Fsp3) is 1.00. The molecule has 106 valence electrons. The predicted octanol–water partition coefficient (Wildman–Crippen LogP) is 3.75.